The van der Waals surface area contributed by atoms with Gasteiger partial charge in [0.25, 0.3) is 0 Å². The summed E-state index contributed by atoms with van der Waals surface area (Å²) in [6.07, 6.45) is 6.48. The Morgan fingerprint density at radius 2 is 2.10 bits per heavy atom. The Hall–Kier alpha value is -1.25. The average molecular weight is 326 g/mol. The van der Waals surface area contributed by atoms with E-state index in [4.69, 9.17) is 0 Å². The first-order valence-corrected chi connectivity index (χ1v) is 9.50. The van der Waals surface area contributed by atoms with E-state index in [2.05, 4.69) is 14.9 Å². The summed E-state index contributed by atoms with van der Waals surface area (Å²) in [6.45, 7) is 1.66. The van der Waals surface area contributed by atoms with Crippen LogP contribution in [0.5, 0.6) is 0 Å². The molecule has 2 aromatic heterocycles. The second kappa shape index (κ2) is 5.51. The second-order valence-electron chi connectivity index (χ2n) is 5.34. The molecule has 8 heteroatoms. The summed E-state index contributed by atoms with van der Waals surface area (Å²) in [4.78, 5) is 10.9. The van der Waals surface area contributed by atoms with Gasteiger partial charge in [-0.25, -0.2) is 17.7 Å². The molecular formula is C13H18N4O2S2. The molecule has 0 atom stereocenters. The number of pyridine rings is 1. The predicted molar refractivity (Wildman–Crippen MR) is 85.3 cm³/mol. The van der Waals surface area contributed by atoms with Crippen LogP contribution in [-0.2, 0) is 10.0 Å². The monoisotopic (exact) mass is 326 g/mol. The van der Waals surface area contributed by atoms with Gasteiger partial charge in [0.2, 0.25) is 10.0 Å². The van der Waals surface area contributed by atoms with Gasteiger partial charge in [0.05, 0.1) is 17.2 Å². The van der Waals surface area contributed by atoms with E-state index in [9.17, 15) is 8.42 Å². The molecule has 0 N–H and O–H groups in total. The number of anilines is 1. The highest BCUT2D eigenvalue weighted by atomic mass is 32.2. The van der Waals surface area contributed by atoms with E-state index in [1.54, 1.807) is 30.8 Å². The van der Waals surface area contributed by atoms with E-state index in [0.29, 0.717) is 0 Å². The van der Waals surface area contributed by atoms with Gasteiger partial charge in [-0.3, -0.25) is 4.98 Å². The van der Waals surface area contributed by atoms with Crippen LogP contribution in [0.3, 0.4) is 0 Å². The highest BCUT2D eigenvalue weighted by molar-refractivity contribution is 7.88. The summed E-state index contributed by atoms with van der Waals surface area (Å²) >= 11 is 1.66. The Labute approximate surface area is 128 Å². The molecule has 0 saturated carbocycles. The van der Waals surface area contributed by atoms with Crippen molar-refractivity contribution >= 4 is 36.7 Å². The van der Waals surface area contributed by atoms with Crippen LogP contribution in [0.15, 0.2) is 18.5 Å². The number of hydrogen-bond acceptors (Lipinski definition) is 6. The Morgan fingerprint density at radius 1 is 1.38 bits per heavy atom. The number of sulfonamides is 1. The molecule has 114 valence electrons. The lowest BCUT2D eigenvalue weighted by Crippen LogP contribution is -2.45. The van der Waals surface area contributed by atoms with Crippen molar-refractivity contribution in [3.8, 4) is 0 Å². The maximum atomic E-state index is 11.6. The second-order valence-corrected chi connectivity index (χ2v) is 8.39. The van der Waals surface area contributed by atoms with Crippen LogP contribution in [-0.4, -0.2) is 55.1 Å². The zero-order chi connectivity index (χ0) is 15.0. The number of thiazole rings is 1. The van der Waals surface area contributed by atoms with E-state index in [-0.39, 0.29) is 6.04 Å². The summed E-state index contributed by atoms with van der Waals surface area (Å²) in [5, 5.41) is 0.999. The van der Waals surface area contributed by atoms with Gasteiger partial charge >= 0.3 is 0 Å². The van der Waals surface area contributed by atoms with E-state index in [0.717, 1.165) is 41.3 Å². The van der Waals surface area contributed by atoms with Gasteiger partial charge in [-0.2, -0.15) is 0 Å². The molecule has 1 aliphatic heterocycles. The van der Waals surface area contributed by atoms with Gasteiger partial charge in [0, 0.05) is 32.4 Å². The minimum absolute atomic E-state index is 0.0901. The third-order valence-electron chi connectivity index (χ3n) is 3.95. The highest BCUT2D eigenvalue weighted by Crippen LogP contribution is 2.30. The molecule has 1 fully saturated rings. The lowest BCUT2D eigenvalue weighted by Gasteiger charge is -2.35. The molecule has 0 radical (unpaired) electrons. The number of piperidine rings is 1. The molecule has 0 amide bonds. The fourth-order valence-electron chi connectivity index (χ4n) is 2.59. The average Bonchev–Trinajstić information content (AvgIpc) is 2.89. The fraction of sp³-hybridized carbons (Fsp3) is 0.538. The standard InChI is InChI=1S/C13H18N4O2S2/c1-16(21(2,18)19)10-4-7-17(8-5-10)13-15-11-9-14-6-3-12(11)20-13/h3,6,9-10H,4-5,7-8H2,1-2H3. The van der Waals surface area contributed by atoms with E-state index in [1.165, 1.54) is 10.6 Å². The molecule has 2 aromatic rings. The normalized spacial score (nSPS) is 17.8. The van der Waals surface area contributed by atoms with Crippen molar-refractivity contribution in [2.24, 2.45) is 0 Å². The summed E-state index contributed by atoms with van der Waals surface area (Å²) in [6, 6.07) is 2.06. The lowest BCUT2D eigenvalue weighted by atomic mass is 10.1. The molecule has 6 nitrogen and oxygen atoms in total. The number of aromatic nitrogens is 2. The SMILES string of the molecule is CN(C1CCN(c2nc3cnccc3s2)CC1)S(C)(=O)=O. The third kappa shape index (κ3) is 3.02. The molecule has 0 aromatic carbocycles. The third-order valence-corrected chi connectivity index (χ3v) is 6.39. The molecule has 0 spiro atoms. The van der Waals surface area contributed by atoms with Crippen molar-refractivity contribution in [1.29, 1.82) is 0 Å². The summed E-state index contributed by atoms with van der Waals surface area (Å²) in [7, 11) is -1.45. The number of nitrogens with zero attached hydrogens (tertiary/aromatic N) is 4. The van der Waals surface area contributed by atoms with Crippen LogP contribution in [0.2, 0.25) is 0 Å². The number of rotatable bonds is 3. The van der Waals surface area contributed by atoms with Gasteiger partial charge in [-0.05, 0) is 18.9 Å². The summed E-state index contributed by atoms with van der Waals surface area (Å²) in [5.74, 6) is 0. The molecule has 21 heavy (non-hydrogen) atoms. The first-order valence-electron chi connectivity index (χ1n) is 6.83. The quantitative estimate of drug-likeness (QED) is 0.856. The van der Waals surface area contributed by atoms with Crippen LogP contribution >= 0.6 is 11.3 Å². The van der Waals surface area contributed by atoms with Crippen LogP contribution in [0.1, 0.15) is 12.8 Å². The fourth-order valence-corrected chi connectivity index (χ4v) is 4.33. The van der Waals surface area contributed by atoms with Gasteiger partial charge in [0.1, 0.15) is 5.52 Å². The number of fused-ring (bicyclic) bond motifs is 1. The Balaban J connectivity index is 1.71. The van der Waals surface area contributed by atoms with Gasteiger partial charge < -0.3 is 4.90 Å². The molecule has 3 heterocycles. The Kier molecular flexibility index (Phi) is 3.85. The van der Waals surface area contributed by atoms with Crippen molar-refractivity contribution < 1.29 is 8.42 Å². The predicted octanol–water partition coefficient (Wildman–Crippen LogP) is 1.55. The van der Waals surface area contributed by atoms with E-state index < -0.39 is 10.0 Å². The minimum Gasteiger partial charge on any atom is -0.348 e. The van der Waals surface area contributed by atoms with Crippen molar-refractivity contribution in [2.75, 3.05) is 31.3 Å². The smallest absolute Gasteiger partial charge is 0.211 e. The molecule has 0 bridgehead atoms. The summed E-state index contributed by atoms with van der Waals surface area (Å²) in [5.41, 5.74) is 0.924. The minimum atomic E-state index is -3.11. The van der Waals surface area contributed by atoms with Crippen LogP contribution in [0.25, 0.3) is 10.2 Å². The Bertz CT molecular complexity index is 702. The van der Waals surface area contributed by atoms with Crippen LogP contribution < -0.4 is 4.90 Å². The molecule has 0 aliphatic carbocycles. The largest absolute Gasteiger partial charge is 0.348 e. The maximum Gasteiger partial charge on any atom is 0.211 e. The van der Waals surface area contributed by atoms with Crippen molar-refractivity contribution in [3.05, 3.63) is 18.5 Å². The maximum absolute atomic E-state index is 11.6. The first-order chi connectivity index (χ1) is 9.95. The van der Waals surface area contributed by atoms with Crippen LogP contribution in [0, 0.1) is 0 Å². The molecule has 0 unspecified atom stereocenters. The lowest BCUT2D eigenvalue weighted by molar-refractivity contribution is 0.314. The van der Waals surface area contributed by atoms with Gasteiger partial charge in [0.15, 0.2) is 5.13 Å². The first kappa shape index (κ1) is 14.7. The topological polar surface area (TPSA) is 66.4 Å². The number of hydrogen-bond donors (Lipinski definition) is 0. The van der Waals surface area contributed by atoms with Crippen molar-refractivity contribution in [2.45, 2.75) is 18.9 Å². The zero-order valence-corrected chi connectivity index (χ0v) is 13.7. The van der Waals surface area contributed by atoms with E-state index in [1.807, 2.05) is 6.07 Å². The Morgan fingerprint density at radius 3 is 2.71 bits per heavy atom. The highest BCUT2D eigenvalue weighted by Gasteiger charge is 2.28. The van der Waals surface area contributed by atoms with E-state index >= 15 is 0 Å². The molecule has 1 saturated heterocycles. The summed E-state index contributed by atoms with van der Waals surface area (Å²) < 4.78 is 25.8. The molecule has 1 aliphatic rings. The van der Waals surface area contributed by atoms with Gasteiger partial charge in [-0.15, -0.1) is 0 Å². The molecular weight excluding hydrogens is 308 g/mol. The molecule has 3 rings (SSSR count). The van der Waals surface area contributed by atoms with Crippen LogP contribution in [0.4, 0.5) is 5.13 Å². The van der Waals surface area contributed by atoms with Crippen molar-refractivity contribution in [1.82, 2.24) is 14.3 Å². The van der Waals surface area contributed by atoms with Crippen molar-refractivity contribution in [3.63, 3.8) is 0 Å². The zero-order valence-electron chi connectivity index (χ0n) is 12.1. The van der Waals surface area contributed by atoms with Gasteiger partial charge in [-0.1, -0.05) is 11.3 Å².